The third kappa shape index (κ3) is 2.19. The molecular weight excluding hydrogens is 262 g/mol. The molecule has 110 valence electrons. The number of hydrogen-bond donors (Lipinski definition) is 1. The fraction of sp³-hybridized carbons (Fsp3) is 0.471. The lowest BCUT2D eigenvalue weighted by molar-refractivity contribution is 0.219. The molecule has 4 heteroatoms. The Morgan fingerprint density at radius 3 is 2.71 bits per heavy atom. The molecule has 0 bridgehead atoms. The van der Waals surface area contributed by atoms with Gasteiger partial charge in [0.15, 0.2) is 0 Å². The molecule has 1 saturated carbocycles. The van der Waals surface area contributed by atoms with Gasteiger partial charge in [0.1, 0.15) is 0 Å². The summed E-state index contributed by atoms with van der Waals surface area (Å²) in [6, 6.07) is 8.23. The van der Waals surface area contributed by atoms with Gasteiger partial charge in [0, 0.05) is 37.5 Å². The molecule has 1 aromatic heterocycles. The second kappa shape index (κ2) is 4.79. The number of anilines is 1. The number of benzene rings is 1. The molecule has 2 fully saturated rings. The van der Waals surface area contributed by atoms with E-state index in [9.17, 15) is 4.79 Å². The first kappa shape index (κ1) is 12.7. The van der Waals surface area contributed by atoms with Crippen LogP contribution in [0, 0.1) is 11.8 Å². The van der Waals surface area contributed by atoms with Crippen LogP contribution >= 0.6 is 0 Å². The second-order valence-electron chi connectivity index (χ2n) is 6.49. The van der Waals surface area contributed by atoms with Crippen LogP contribution in [-0.2, 0) is 7.05 Å². The smallest absolute Gasteiger partial charge is 0.321 e. The average molecular weight is 283 g/mol. The summed E-state index contributed by atoms with van der Waals surface area (Å²) in [5.41, 5.74) is 2.03. The monoisotopic (exact) mass is 283 g/mol. The molecule has 0 unspecified atom stereocenters. The Kier molecular flexibility index (Phi) is 2.91. The van der Waals surface area contributed by atoms with Crippen LogP contribution in [0.25, 0.3) is 10.9 Å². The van der Waals surface area contributed by atoms with Crippen molar-refractivity contribution < 1.29 is 4.79 Å². The van der Waals surface area contributed by atoms with Crippen LogP contribution in [0.3, 0.4) is 0 Å². The number of aromatic nitrogens is 1. The lowest BCUT2D eigenvalue weighted by Crippen LogP contribution is -2.33. The molecule has 2 aliphatic rings. The summed E-state index contributed by atoms with van der Waals surface area (Å²) in [6.45, 7) is 1.87. The van der Waals surface area contributed by atoms with Crippen LogP contribution in [0.2, 0.25) is 0 Å². The number of carbonyl (C=O) groups is 1. The van der Waals surface area contributed by atoms with E-state index in [1.807, 2.05) is 30.3 Å². The SMILES string of the molecule is Cn1ccc2ccc(NC(=O)N3C[C@@H]4CCC[C@H]4C3)cc21. The fourth-order valence-electron chi connectivity index (χ4n) is 3.94. The predicted molar refractivity (Wildman–Crippen MR) is 84.3 cm³/mol. The van der Waals surface area contributed by atoms with Crippen molar-refractivity contribution in [1.82, 2.24) is 9.47 Å². The van der Waals surface area contributed by atoms with Gasteiger partial charge in [-0.05, 0) is 48.3 Å². The number of carbonyl (C=O) groups excluding carboxylic acids is 1. The molecule has 4 rings (SSSR count). The minimum Gasteiger partial charge on any atom is -0.350 e. The molecule has 21 heavy (non-hydrogen) atoms. The highest BCUT2D eigenvalue weighted by Gasteiger charge is 2.37. The maximum atomic E-state index is 12.4. The quantitative estimate of drug-likeness (QED) is 0.855. The Morgan fingerprint density at radius 1 is 1.19 bits per heavy atom. The lowest BCUT2D eigenvalue weighted by atomic mass is 10.0. The highest BCUT2D eigenvalue weighted by molar-refractivity contribution is 5.93. The zero-order valence-electron chi connectivity index (χ0n) is 12.4. The second-order valence-corrected chi connectivity index (χ2v) is 6.49. The summed E-state index contributed by atoms with van der Waals surface area (Å²) in [5.74, 6) is 1.48. The summed E-state index contributed by atoms with van der Waals surface area (Å²) >= 11 is 0. The molecule has 1 N–H and O–H groups in total. The largest absolute Gasteiger partial charge is 0.350 e. The van der Waals surface area contributed by atoms with Gasteiger partial charge in [0.05, 0.1) is 0 Å². The Labute approximate surface area is 124 Å². The van der Waals surface area contributed by atoms with Gasteiger partial charge >= 0.3 is 6.03 Å². The summed E-state index contributed by atoms with van der Waals surface area (Å²) in [6.07, 6.45) is 5.97. The highest BCUT2D eigenvalue weighted by Crippen LogP contribution is 2.37. The first-order chi connectivity index (χ1) is 10.2. The van der Waals surface area contributed by atoms with Crippen molar-refractivity contribution in [3.63, 3.8) is 0 Å². The topological polar surface area (TPSA) is 37.3 Å². The van der Waals surface area contributed by atoms with E-state index in [4.69, 9.17) is 0 Å². The Balaban J connectivity index is 1.49. The number of aryl methyl sites for hydroxylation is 1. The van der Waals surface area contributed by atoms with E-state index in [2.05, 4.69) is 22.0 Å². The molecule has 2 heterocycles. The molecule has 2 atom stereocenters. The summed E-state index contributed by atoms with van der Waals surface area (Å²) in [5, 5.41) is 4.26. The fourth-order valence-corrected chi connectivity index (χ4v) is 3.94. The van der Waals surface area contributed by atoms with E-state index < -0.39 is 0 Å². The molecule has 2 aromatic rings. The van der Waals surface area contributed by atoms with Crippen molar-refractivity contribution >= 4 is 22.6 Å². The maximum absolute atomic E-state index is 12.4. The van der Waals surface area contributed by atoms with E-state index >= 15 is 0 Å². The zero-order chi connectivity index (χ0) is 14.4. The van der Waals surface area contributed by atoms with Crippen LogP contribution in [0.1, 0.15) is 19.3 Å². The molecular formula is C17H21N3O. The van der Waals surface area contributed by atoms with Crippen LogP contribution in [-0.4, -0.2) is 28.6 Å². The highest BCUT2D eigenvalue weighted by atomic mass is 16.2. The first-order valence-electron chi connectivity index (χ1n) is 7.82. The van der Waals surface area contributed by atoms with E-state index in [-0.39, 0.29) is 6.03 Å². The standard InChI is InChI=1S/C17H21N3O/c1-19-8-7-12-5-6-15(9-16(12)19)18-17(21)20-10-13-3-2-4-14(13)11-20/h5-9,13-14H,2-4,10-11H2,1H3,(H,18,21)/t13-,14-/m0/s1. The van der Waals surface area contributed by atoms with Crippen molar-refractivity contribution in [3.8, 4) is 0 Å². The number of fused-ring (bicyclic) bond motifs is 2. The number of rotatable bonds is 1. The van der Waals surface area contributed by atoms with E-state index in [0.29, 0.717) is 0 Å². The third-order valence-corrected chi connectivity index (χ3v) is 5.15. The summed E-state index contributed by atoms with van der Waals surface area (Å²) < 4.78 is 2.07. The number of amides is 2. The van der Waals surface area contributed by atoms with Crippen molar-refractivity contribution in [2.75, 3.05) is 18.4 Å². The van der Waals surface area contributed by atoms with Gasteiger partial charge in [-0.15, -0.1) is 0 Å². The first-order valence-corrected chi connectivity index (χ1v) is 7.82. The average Bonchev–Trinajstić information content (AvgIpc) is 3.14. The van der Waals surface area contributed by atoms with Crippen LogP contribution < -0.4 is 5.32 Å². The molecule has 0 radical (unpaired) electrons. The normalized spacial score (nSPS) is 24.5. The minimum atomic E-state index is 0.0537. The van der Waals surface area contributed by atoms with Crippen molar-refractivity contribution in [3.05, 3.63) is 30.5 Å². The molecule has 4 nitrogen and oxygen atoms in total. The molecule has 1 saturated heterocycles. The van der Waals surface area contributed by atoms with Gasteiger partial charge < -0.3 is 14.8 Å². The van der Waals surface area contributed by atoms with Crippen molar-refractivity contribution in [2.24, 2.45) is 18.9 Å². The van der Waals surface area contributed by atoms with Gasteiger partial charge in [0.2, 0.25) is 0 Å². The zero-order valence-corrected chi connectivity index (χ0v) is 12.4. The van der Waals surface area contributed by atoms with Crippen molar-refractivity contribution in [1.29, 1.82) is 0 Å². The Bertz CT molecular complexity index is 678. The van der Waals surface area contributed by atoms with E-state index in [1.54, 1.807) is 0 Å². The third-order valence-electron chi connectivity index (χ3n) is 5.15. The minimum absolute atomic E-state index is 0.0537. The number of nitrogens with one attached hydrogen (secondary N) is 1. The number of urea groups is 1. The molecule has 2 amide bonds. The van der Waals surface area contributed by atoms with E-state index in [0.717, 1.165) is 36.1 Å². The van der Waals surface area contributed by atoms with Crippen LogP contribution in [0.15, 0.2) is 30.5 Å². The molecule has 1 aliphatic heterocycles. The Morgan fingerprint density at radius 2 is 1.95 bits per heavy atom. The number of likely N-dealkylation sites (tertiary alicyclic amines) is 1. The van der Waals surface area contributed by atoms with Crippen molar-refractivity contribution in [2.45, 2.75) is 19.3 Å². The summed E-state index contributed by atoms with van der Waals surface area (Å²) in [4.78, 5) is 14.4. The molecule has 1 aromatic carbocycles. The van der Waals surface area contributed by atoms with Gasteiger partial charge in [-0.1, -0.05) is 12.5 Å². The molecule has 1 aliphatic carbocycles. The van der Waals surface area contributed by atoms with Crippen LogP contribution in [0.5, 0.6) is 0 Å². The van der Waals surface area contributed by atoms with Gasteiger partial charge in [-0.3, -0.25) is 0 Å². The van der Waals surface area contributed by atoms with E-state index in [1.165, 1.54) is 24.6 Å². The summed E-state index contributed by atoms with van der Waals surface area (Å²) in [7, 11) is 2.02. The number of nitrogens with zero attached hydrogens (tertiary/aromatic N) is 2. The molecule has 0 spiro atoms. The van der Waals surface area contributed by atoms with Gasteiger partial charge in [0.25, 0.3) is 0 Å². The lowest BCUT2D eigenvalue weighted by Gasteiger charge is -2.18. The van der Waals surface area contributed by atoms with Gasteiger partial charge in [-0.2, -0.15) is 0 Å². The Hall–Kier alpha value is -1.97. The predicted octanol–water partition coefficient (Wildman–Crippen LogP) is 3.44. The number of hydrogen-bond acceptors (Lipinski definition) is 1. The van der Waals surface area contributed by atoms with Crippen LogP contribution in [0.4, 0.5) is 10.5 Å². The maximum Gasteiger partial charge on any atom is 0.321 e. The van der Waals surface area contributed by atoms with Gasteiger partial charge in [-0.25, -0.2) is 4.79 Å².